The van der Waals surface area contributed by atoms with Gasteiger partial charge in [-0.25, -0.2) is 0 Å². The van der Waals surface area contributed by atoms with Crippen molar-refractivity contribution in [1.82, 2.24) is 14.7 Å². The van der Waals surface area contributed by atoms with Crippen LogP contribution in [0.2, 0.25) is 0 Å². The fourth-order valence-electron chi connectivity index (χ4n) is 2.45. The van der Waals surface area contributed by atoms with Crippen LogP contribution in [0.5, 0.6) is 0 Å². The Kier molecular flexibility index (Phi) is 3.47. The number of nitrogens with zero attached hydrogens (tertiary/aromatic N) is 3. The largest absolute Gasteiger partial charge is 0.480 e. The molecular formula is C12H19N3O2. The summed E-state index contributed by atoms with van der Waals surface area (Å²) in [6, 6.07) is -0.538. The van der Waals surface area contributed by atoms with Gasteiger partial charge in [0.05, 0.1) is 6.20 Å². The van der Waals surface area contributed by atoms with Crippen molar-refractivity contribution >= 4 is 5.97 Å². The highest BCUT2D eigenvalue weighted by atomic mass is 16.4. The number of hydrogen-bond acceptors (Lipinski definition) is 3. The van der Waals surface area contributed by atoms with Crippen LogP contribution in [0.4, 0.5) is 0 Å². The Balaban J connectivity index is 2.28. The van der Waals surface area contributed by atoms with Gasteiger partial charge in [0.2, 0.25) is 0 Å². The van der Waals surface area contributed by atoms with Gasteiger partial charge in [0.1, 0.15) is 6.04 Å². The van der Waals surface area contributed by atoms with Crippen molar-refractivity contribution in [3.63, 3.8) is 0 Å². The second-order valence-electron chi connectivity index (χ2n) is 4.65. The van der Waals surface area contributed by atoms with Crippen LogP contribution in [0.1, 0.15) is 36.6 Å². The van der Waals surface area contributed by atoms with E-state index >= 15 is 0 Å². The average molecular weight is 237 g/mol. The average Bonchev–Trinajstić information content (AvgIpc) is 2.63. The third kappa shape index (κ3) is 2.34. The summed E-state index contributed by atoms with van der Waals surface area (Å²) in [6.45, 7) is 3.65. The van der Waals surface area contributed by atoms with E-state index in [4.69, 9.17) is 0 Å². The van der Waals surface area contributed by atoms with Gasteiger partial charge in [-0.1, -0.05) is 6.42 Å². The van der Waals surface area contributed by atoms with Gasteiger partial charge in [-0.05, 0) is 32.9 Å². The Morgan fingerprint density at radius 3 is 2.53 bits per heavy atom. The number of likely N-dealkylation sites (tertiary alicyclic amines) is 1. The van der Waals surface area contributed by atoms with Crippen LogP contribution in [0.25, 0.3) is 0 Å². The molecule has 1 saturated heterocycles. The lowest BCUT2D eigenvalue weighted by Crippen LogP contribution is -2.38. The standard InChI is InChI=1S/C12H19N3O2/c1-9-10(8-13-14(9)2)11(12(16)17)15-6-4-3-5-7-15/h8,11H,3-7H2,1-2H3,(H,16,17). The zero-order valence-electron chi connectivity index (χ0n) is 10.4. The lowest BCUT2D eigenvalue weighted by atomic mass is 10.0. The molecule has 1 aromatic rings. The number of piperidine rings is 1. The number of aliphatic carboxylic acids is 1. The number of aromatic nitrogens is 2. The van der Waals surface area contributed by atoms with Crippen LogP contribution in [0, 0.1) is 6.92 Å². The predicted molar refractivity (Wildman–Crippen MR) is 63.7 cm³/mol. The normalized spacial score (nSPS) is 19.2. The van der Waals surface area contributed by atoms with Gasteiger partial charge in [0, 0.05) is 18.3 Å². The van der Waals surface area contributed by atoms with Gasteiger partial charge in [-0.2, -0.15) is 5.10 Å². The van der Waals surface area contributed by atoms with E-state index in [9.17, 15) is 9.90 Å². The summed E-state index contributed by atoms with van der Waals surface area (Å²) in [4.78, 5) is 13.5. The zero-order chi connectivity index (χ0) is 12.4. The van der Waals surface area contributed by atoms with Crippen LogP contribution in [0.3, 0.4) is 0 Å². The summed E-state index contributed by atoms with van der Waals surface area (Å²) in [5, 5.41) is 13.6. The SMILES string of the molecule is Cc1c(C(C(=O)O)N2CCCCC2)cnn1C. The highest BCUT2D eigenvalue weighted by Gasteiger charge is 2.30. The van der Waals surface area contributed by atoms with E-state index in [0.717, 1.165) is 37.2 Å². The maximum atomic E-state index is 11.5. The minimum Gasteiger partial charge on any atom is -0.480 e. The van der Waals surface area contributed by atoms with Gasteiger partial charge in [0.25, 0.3) is 0 Å². The number of carbonyl (C=O) groups is 1. The second kappa shape index (κ2) is 4.87. The van der Waals surface area contributed by atoms with Crippen LogP contribution in [-0.4, -0.2) is 38.8 Å². The Hall–Kier alpha value is -1.36. The Labute approximate surface area is 101 Å². The topological polar surface area (TPSA) is 58.4 Å². The van der Waals surface area contributed by atoms with E-state index in [0.29, 0.717) is 0 Å². The summed E-state index contributed by atoms with van der Waals surface area (Å²) in [5.74, 6) is -0.775. The molecule has 0 amide bonds. The van der Waals surface area contributed by atoms with Gasteiger partial charge < -0.3 is 5.11 Å². The fourth-order valence-corrected chi connectivity index (χ4v) is 2.45. The summed E-state index contributed by atoms with van der Waals surface area (Å²) in [6.07, 6.45) is 5.06. The molecule has 1 unspecified atom stereocenters. The molecule has 0 aromatic carbocycles. The molecule has 0 aliphatic carbocycles. The number of aryl methyl sites for hydroxylation is 1. The van der Waals surface area contributed by atoms with E-state index in [1.165, 1.54) is 6.42 Å². The molecule has 1 N–H and O–H groups in total. The van der Waals surface area contributed by atoms with E-state index in [2.05, 4.69) is 10.00 Å². The number of carboxylic acid groups (broad SMARTS) is 1. The molecule has 2 heterocycles. The molecule has 0 spiro atoms. The molecule has 0 saturated carbocycles. The third-order valence-electron chi connectivity index (χ3n) is 3.56. The number of carboxylic acids is 1. The lowest BCUT2D eigenvalue weighted by Gasteiger charge is -2.31. The zero-order valence-corrected chi connectivity index (χ0v) is 10.4. The summed E-state index contributed by atoms with van der Waals surface area (Å²) < 4.78 is 1.73. The summed E-state index contributed by atoms with van der Waals surface area (Å²) in [7, 11) is 1.84. The number of rotatable bonds is 3. The van der Waals surface area contributed by atoms with Crippen LogP contribution in [-0.2, 0) is 11.8 Å². The predicted octanol–water partition coefficient (Wildman–Crippen LogP) is 1.34. The first-order chi connectivity index (χ1) is 8.11. The van der Waals surface area contributed by atoms with Crippen LogP contribution >= 0.6 is 0 Å². The molecule has 5 nitrogen and oxygen atoms in total. The van der Waals surface area contributed by atoms with Crippen LogP contribution < -0.4 is 0 Å². The van der Waals surface area contributed by atoms with Crippen molar-refractivity contribution in [1.29, 1.82) is 0 Å². The molecule has 1 aromatic heterocycles. The van der Waals surface area contributed by atoms with Gasteiger partial charge in [-0.15, -0.1) is 0 Å². The van der Waals surface area contributed by atoms with Crippen LogP contribution in [0.15, 0.2) is 6.20 Å². The van der Waals surface area contributed by atoms with Crippen molar-refractivity contribution in [2.75, 3.05) is 13.1 Å². The smallest absolute Gasteiger partial charge is 0.325 e. The van der Waals surface area contributed by atoms with E-state index in [1.807, 2.05) is 14.0 Å². The van der Waals surface area contributed by atoms with Gasteiger partial charge in [-0.3, -0.25) is 14.4 Å². The Morgan fingerprint density at radius 2 is 2.06 bits per heavy atom. The molecule has 5 heteroatoms. The molecule has 1 aliphatic rings. The van der Waals surface area contributed by atoms with Crippen molar-refractivity contribution in [3.8, 4) is 0 Å². The summed E-state index contributed by atoms with van der Waals surface area (Å²) >= 11 is 0. The van der Waals surface area contributed by atoms with Crippen molar-refractivity contribution < 1.29 is 9.90 Å². The highest BCUT2D eigenvalue weighted by molar-refractivity contribution is 5.75. The second-order valence-corrected chi connectivity index (χ2v) is 4.65. The first kappa shape index (κ1) is 12.1. The molecule has 0 bridgehead atoms. The molecule has 17 heavy (non-hydrogen) atoms. The first-order valence-corrected chi connectivity index (χ1v) is 6.06. The Bertz CT molecular complexity index is 408. The van der Waals surface area contributed by atoms with Crippen molar-refractivity contribution in [3.05, 3.63) is 17.5 Å². The molecular weight excluding hydrogens is 218 g/mol. The third-order valence-corrected chi connectivity index (χ3v) is 3.56. The molecule has 2 rings (SSSR count). The van der Waals surface area contributed by atoms with E-state index in [1.54, 1.807) is 10.9 Å². The highest BCUT2D eigenvalue weighted by Crippen LogP contribution is 2.26. The minimum atomic E-state index is -0.775. The van der Waals surface area contributed by atoms with Gasteiger partial charge in [0.15, 0.2) is 0 Å². The summed E-state index contributed by atoms with van der Waals surface area (Å²) in [5.41, 5.74) is 1.75. The maximum absolute atomic E-state index is 11.5. The quantitative estimate of drug-likeness (QED) is 0.862. The van der Waals surface area contributed by atoms with Crippen molar-refractivity contribution in [2.24, 2.45) is 7.05 Å². The minimum absolute atomic E-state index is 0.538. The molecule has 94 valence electrons. The molecule has 1 aliphatic heterocycles. The fraction of sp³-hybridized carbons (Fsp3) is 0.667. The van der Waals surface area contributed by atoms with E-state index in [-0.39, 0.29) is 0 Å². The number of hydrogen-bond donors (Lipinski definition) is 1. The van der Waals surface area contributed by atoms with E-state index < -0.39 is 12.0 Å². The molecule has 1 atom stereocenters. The first-order valence-electron chi connectivity index (χ1n) is 6.06. The van der Waals surface area contributed by atoms with Gasteiger partial charge >= 0.3 is 5.97 Å². The Morgan fingerprint density at radius 1 is 1.41 bits per heavy atom. The molecule has 1 fully saturated rings. The maximum Gasteiger partial charge on any atom is 0.325 e. The van der Waals surface area contributed by atoms with Crippen molar-refractivity contribution in [2.45, 2.75) is 32.2 Å². The monoisotopic (exact) mass is 237 g/mol. The lowest BCUT2D eigenvalue weighted by molar-refractivity contribution is -0.144. The molecule has 0 radical (unpaired) electrons.